The van der Waals surface area contributed by atoms with Gasteiger partial charge in [0, 0.05) is 31.1 Å². The highest BCUT2D eigenvalue weighted by atomic mass is 35.5. The number of piperidine rings is 1. The van der Waals surface area contributed by atoms with Gasteiger partial charge >= 0.3 is 0 Å². The molecule has 6 heteroatoms. The lowest BCUT2D eigenvalue weighted by atomic mass is 9.49. The number of phenols is 1. The van der Waals surface area contributed by atoms with E-state index in [0.717, 1.165) is 24.2 Å². The zero-order valence-corrected chi connectivity index (χ0v) is 14.7. The summed E-state index contributed by atoms with van der Waals surface area (Å²) in [6.07, 6.45) is 3.35. The maximum absolute atomic E-state index is 12.6. The van der Waals surface area contributed by atoms with Gasteiger partial charge in [0.2, 0.25) is 0 Å². The predicted molar refractivity (Wildman–Crippen MR) is 101 cm³/mol. The third-order valence-electron chi connectivity index (χ3n) is 6.73. The van der Waals surface area contributed by atoms with E-state index in [4.69, 9.17) is 4.74 Å². The van der Waals surface area contributed by atoms with Crippen molar-refractivity contribution in [2.45, 2.75) is 56.3 Å². The molecule has 2 aliphatic heterocycles. The van der Waals surface area contributed by atoms with E-state index in [1.165, 1.54) is 0 Å². The van der Waals surface area contributed by atoms with Gasteiger partial charge in [-0.15, -0.1) is 19.0 Å². The summed E-state index contributed by atoms with van der Waals surface area (Å²) in [6, 6.07) is 3.52. The van der Waals surface area contributed by atoms with Crippen LogP contribution in [-0.4, -0.2) is 51.7 Å². The number of Topliss-reactive ketones (excluding diaryl/α,β-unsaturated/α-hetero) is 1. The van der Waals surface area contributed by atoms with E-state index < -0.39 is 17.1 Å². The number of nitrogens with zero attached hydrogens (tertiary/aromatic N) is 1. The molecule has 2 aliphatic carbocycles. The van der Waals surface area contributed by atoms with Crippen molar-refractivity contribution in [2.75, 3.05) is 13.1 Å². The molecule has 5 rings (SSSR count). The standard InChI is InChI=1S/C19H21NO4.CH4.ClH/c1-2-8-20-9-7-18-15-11-3-4-12(21)16(15)24-17(18)13(22)5-6-19(18,23)14(20)10-11;;/h2-4,14,17,21,23H,1,5-10H2;1H4;1H/t14-,17+,18+,19-;;/m1../s1. The molecule has 26 heavy (non-hydrogen) atoms. The second-order valence-corrected chi connectivity index (χ2v) is 7.56. The zero-order chi connectivity index (χ0) is 16.7. The second kappa shape index (κ2) is 5.98. The molecule has 0 radical (unpaired) electrons. The number of carbonyl (C=O) groups excluding carboxylic acids is 1. The summed E-state index contributed by atoms with van der Waals surface area (Å²) in [5.74, 6) is 0.528. The van der Waals surface area contributed by atoms with Gasteiger partial charge in [0.15, 0.2) is 23.4 Å². The van der Waals surface area contributed by atoms with Crippen LogP contribution in [0.5, 0.6) is 11.5 Å². The molecule has 1 spiro atoms. The summed E-state index contributed by atoms with van der Waals surface area (Å²) in [4.78, 5) is 14.9. The monoisotopic (exact) mass is 379 g/mol. The van der Waals surface area contributed by atoms with E-state index in [1.54, 1.807) is 6.07 Å². The normalized spacial score (nSPS) is 36.3. The minimum atomic E-state index is -1.00. The number of rotatable bonds is 2. The van der Waals surface area contributed by atoms with E-state index in [2.05, 4.69) is 11.5 Å². The maximum atomic E-state index is 12.6. The van der Waals surface area contributed by atoms with Gasteiger partial charge in [0.25, 0.3) is 0 Å². The van der Waals surface area contributed by atoms with Gasteiger partial charge in [0.1, 0.15) is 0 Å². The summed E-state index contributed by atoms with van der Waals surface area (Å²) >= 11 is 0. The van der Waals surface area contributed by atoms with Crippen molar-refractivity contribution in [3.05, 3.63) is 35.9 Å². The molecule has 2 N–H and O–H groups in total. The van der Waals surface area contributed by atoms with Crippen LogP contribution in [0.1, 0.15) is 37.8 Å². The quantitative estimate of drug-likeness (QED) is 0.772. The minimum absolute atomic E-state index is 0. The van der Waals surface area contributed by atoms with Crippen molar-refractivity contribution in [3.8, 4) is 11.5 Å². The maximum Gasteiger partial charge on any atom is 0.174 e. The lowest BCUT2D eigenvalue weighted by molar-refractivity contribution is -0.187. The van der Waals surface area contributed by atoms with Crippen LogP contribution in [0.3, 0.4) is 0 Å². The Hall–Kier alpha value is -1.56. The van der Waals surface area contributed by atoms with Crippen LogP contribution in [0.15, 0.2) is 24.8 Å². The highest BCUT2D eigenvalue weighted by molar-refractivity contribution is 5.90. The van der Waals surface area contributed by atoms with Crippen LogP contribution < -0.4 is 4.74 Å². The first-order chi connectivity index (χ1) is 11.5. The number of phenolic OH excluding ortho intramolecular Hbond substituents is 1. The molecule has 2 fully saturated rings. The molecule has 1 saturated carbocycles. The molecule has 0 aromatic heterocycles. The second-order valence-electron chi connectivity index (χ2n) is 7.56. The summed E-state index contributed by atoms with van der Waals surface area (Å²) in [5, 5.41) is 22.1. The number of benzene rings is 1. The molecule has 2 heterocycles. The number of carbonyl (C=O) groups is 1. The molecule has 142 valence electrons. The first kappa shape index (κ1) is 19.2. The van der Waals surface area contributed by atoms with Crippen LogP contribution >= 0.6 is 12.4 Å². The van der Waals surface area contributed by atoms with Gasteiger partial charge in [-0.25, -0.2) is 0 Å². The average Bonchev–Trinajstić information content (AvgIpc) is 2.91. The van der Waals surface area contributed by atoms with E-state index >= 15 is 0 Å². The smallest absolute Gasteiger partial charge is 0.174 e. The number of aromatic hydroxyl groups is 1. The first-order valence-corrected chi connectivity index (χ1v) is 8.65. The van der Waals surface area contributed by atoms with Crippen molar-refractivity contribution in [1.29, 1.82) is 0 Å². The fraction of sp³-hybridized carbons (Fsp3) is 0.550. The molecule has 1 aromatic rings. The van der Waals surface area contributed by atoms with Gasteiger partial charge < -0.3 is 14.9 Å². The van der Waals surface area contributed by atoms with Crippen molar-refractivity contribution < 1.29 is 19.7 Å². The first-order valence-electron chi connectivity index (χ1n) is 8.65. The fourth-order valence-electron chi connectivity index (χ4n) is 5.80. The van der Waals surface area contributed by atoms with E-state index in [1.807, 2.05) is 12.1 Å². The van der Waals surface area contributed by atoms with Crippen LogP contribution in [0.4, 0.5) is 0 Å². The summed E-state index contributed by atoms with van der Waals surface area (Å²) in [5.41, 5.74) is 0.256. The topological polar surface area (TPSA) is 70.0 Å². The van der Waals surface area contributed by atoms with Crippen molar-refractivity contribution in [1.82, 2.24) is 4.90 Å². The number of ketones is 1. The summed E-state index contributed by atoms with van der Waals surface area (Å²) < 4.78 is 5.98. The lowest BCUT2D eigenvalue weighted by Gasteiger charge is -2.62. The molecule has 4 atom stereocenters. The minimum Gasteiger partial charge on any atom is -0.504 e. The lowest BCUT2D eigenvalue weighted by Crippen LogP contribution is -2.76. The highest BCUT2D eigenvalue weighted by Crippen LogP contribution is 2.64. The Balaban J connectivity index is 0.000000980. The Morgan fingerprint density at radius 2 is 2.15 bits per heavy atom. The predicted octanol–water partition coefficient (Wildman–Crippen LogP) is 2.36. The Kier molecular flexibility index (Phi) is 4.42. The van der Waals surface area contributed by atoms with Crippen LogP contribution in [0.25, 0.3) is 0 Å². The van der Waals surface area contributed by atoms with E-state index in [9.17, 15) is 15.0 Å². The Labute approximate surface area is 160 Å². The Morgan fingerprint density at radius 1 is 1.38 bits per heavy atom. The Morgan fingerprint density at radius 3 is 2.88 bits per heavy atom. The van der Waals surface area contributed by atoms with Crippen molar-refractivity contribution in [3.63, 3.8) is 0 Å². The van der Waals surface area contributed by atoms with Gasteiger partial charge in [-0.2, -0.15) is 0 Å². The number of ether oxygens (including phenoxy) is 1. The Bertz CT molecular complexity index is 781. The molecule has 2 bridgehead atoms. The van der Waals surface area contributed by atoms with E-state index in [-0.39, 0.29) is 37.4 Å². The van der Waals surface area contributed by atoms with E-state index in [0.29, 0.717) is 31.4 Å². The molecule has 0 unspecified atom stereocenters. The number of likely N-dealkylation sites (tertiary alicyclic amines) is 1. The summed E-state index contributed by atoms with van der Waals surface area (Å²) in [7, 11) is 0. The number of aliphatic hydroxyl groups is 1. The van der Waals surface area contributed by atoms with Gasteiger partial charge in [0.05, 0.1) is 11.0 Å². The van der Waals surface area contributed by atoms with Crippen LogP contribution in [0.2, 0.25) is 0 Å². The average molecular weight is 380 g/mol. The third-order valence-corrected chi connectivity index (χ3v) is 6.73. The molecule has 5 nitrogen and oxygen atoms in total. The number of hydrogen-bond donors (Lipinski definition) is 2. The van der Waals surface area contributed by atoms with Gasteiger partial charge in [-0.3, -0.25) is 9.69 Å². The molecular formula is C20H26ClNO4. The van der Waals surface area contributed by atoms with Crippen molar-refractivity contribution >= 4 is 18.2 Å². The molecular weight excluding hydrogens is 354 g/mol. The molecule has 4 aliphatic rings. The van der Waals surface area contributed by atoms with Crippen LogP contribution in [0, 0.1) is 0 Å². The number of hydrogen-bond acceptors (Lipinski definition) is 5. The molecule has 1 saturated heterocycles. The SMILES string of the molecule is C.C=CCN1CC[C@]23c4c5ccc(O)c4O[C@H]2C(=O)CC[C@@]3(O)[C@H]1C5.Cl. The highest BCUT2D eigenvalue weighted by Gasteiger charge is 2.72. The number of halogens is 1. The third kappa shape index (κ3) is 1.91. The van der Waals surface area contributed by atoms with Gasteiger partial charge in [-0.1, -0.05) is 19.6 Å². The van der Waals surface area contributed by atoms with Crippen LogP contribution in [-0.2, 0) is 16.6 Å². The molecule has 0 amide bonds. The summed E-state index contributed by atoms with van der Waals surface area (Å²) in [6.45, 7) is 5.36. The largest absolute Gasteiger partial charge is 0.504 e. The zero-order valence-electron chi connectivity index (χ0n) is 13.9. The molecule has 1 aromatic carbocycles. The van der Waals surface area contributed by atoms with Crippen molar-refractivity contribution in [2.24, 2.45) is 0 Å². The van der Waals surface area contributed by atoms with Gasteiger partial charge in [-0.05, 0) is 30.9 Å². The fourth-order valence-corrected chi connectivity index (χ4v) is 5.80.